The van der Waals surface area contributed by atoms with E-state index in [0.717, 1.165) is 30.4 Å². The third-order valence-electron chi connectivity index (χ3n) is 8.11. The molecule has 0 spiro atoms. The fraction of sp³-hybridized carbons (Fsp3) is 0.529. The van der Waals surface area contributed by atoms with Crippen molar-refractivity contribution in [2.75, 3.05) is 13.7 Å². The highest BCUT2D eigenvalue weighted by atomic mass is 16.5. The Bertz CT molecular complexity index is 1280. The molecule has 2 amide bonds. The molecule has 42 heavy (non-hydrogen) atoms. The number of nitrogens with one attached hydrogen (secondary N) is 2. The molecule has 0 unspecified atom stereocenters. The summed E-state index contributed by atoms with van der Waals surface area (Å²) in [6, 6.07) is 11.7. The van der Waals surface area contributed by atoms with Crippen molar-refractivity contribution < 1.29 is 28.7 Å². The number of aryl methyl sites for hydroxylation is 1. The zero-order chi connectivity index (χ0) is 31.2. The Hall–Kier alpha value is -3.68. The topological polar surface area (TPSA) is 111 Å². The number of methoxy groups -OCH3 is 1. The van der Waals surface area contributed by atoms with Gasteiger partial charge in [-0.2, -0.15) is 0 Å². The van der Waals surface area contributed by atoms with E-state index in [1.54, 1.807) is 18.2 Å². The summed E-state index contributed by atoms with van der Waals surface area (Å²) in [5.74, 6) is -0.481. The van der Waals surface area contributed by atoms with Crippen LogP contribution in [0.15, 0.2) is 42.5 Å². The summed E-state index contributed by atoms with van der Waals surface area (Å²) >= 11 is 0. The number of amides is 2. The summed E-state index contributed by atoms with van der Waals surface area (Å²) in [7, 11) is 1.24. The van der Waals surface area contributed by atoms with Gasteiger partial charge in [0, 0.05) is 5.56 Å². The van der Waals surface area contributed by atoms with Crippen LogP contribution in [0.2, 0.25) is 0 Å². The predicted octanol–water partition coefficient (Wildman–Crippen LogP) is 5.71. The van der Waals surface area contributed by atoms with E-state index < -0.39 is 29.2 Å². The normalized spacial score (nSPS) is 19.5. The average Bonchev–Trinajstić information content (AvgIpc) is 2.93. The van der Waals surface area contributed by atoms with Crippen molar-refractivity contribution in [3.05, 3.63) is 59.2 Å². The third kappa shape index (κ3) is 8.43. The fourth-order valence-corrected chi connectivity index (χ4v) is 5.56. The first-order valence-corrected chi connectivity index (χ1v) is 14.8. The van der Waals surface area contributed by atoms with Gasteiger partial charge in [0.25, 0.3) is 5.91 Å². The summed E-state index contributed by atoms with van der Waals surface area (Å²) in [6.07, 6.45) is 3.02. The lowest BCUT2D eigenvalue weighted by molar-refractivity contribution is -0.141. The summed E-state index contributed by atoms with van der Waals surface area (Å²) in [4.78, 5) is 51.2. The average molecular weight is 579 g/mol. The largest absolute Gasteiger partial charge is 0.468 e. The van der Waals surface area contributed by atoms with E-state index in [1.165, 1.54) is 7.11 Å². The highest BCUT2D eigenvalue weighted by Crippen LogP contribution is 2.36. The van der Waals surface area contributed by atoms with Gasteiger partial charge in [-0.3, -0.25) is 14.4 Å². The van der Waals surface area contributed by atoms with Gasteiger partial charge in [-0.15, -0.1) is 0 Å². The molecule has 0 aromatic heterocycles. The zero-order valence-corrected chi connectivity index (χ0v) is 26.2. The van der Waals surface area contributed by atoms with E-state index in [0.29, 0.717) is 34.4 Å². The first-order chi connectivity index (χ1) is 19.7. The SMILES string of the molecule is COC(=O)CNC(=O)[C@@H](NC(=O)c1cc(C)ccc1-c1ccc(C(=O)O[C@@H]2C[C@H](C)CC[C@H]2C(C)C)cc1)C(C)(C)C. The van der Waals surface area contributed by atoms with Gasteiger partial charge in [0.05, 0.1) is 12.7 Å². The number of hydrogen-bond donors (Lipinski definition) is 2. The van der Waals surface area contributed by atoms with Crippen LogP contribution in [0.1, 0.15) is 87.1 Å². The second-order valence-corrected chi connectivity index (χ2v) is 13.0. The van der Waals surface area contributed by atoms with Gasteiger partial charge >= 0.3 is 11.9 Å². The molecule has 2 aromatic rings. The summed E-state index contributed by atoms with van der Waals surface area (Å²) in [6.45, 7) is 13.7. The van der Waals surface area contributed by atoms with Gasteiger partial charge in [-0.25, -0.2) is 4.79 Å². The standard InChI is InChI=1S/C34H46N2O6/c1-20(2)25-15-9-22(4)18-28(25)42-33(40)24-13-11-23(12-14-24)26-16-10-21(3)17-27(26)31(38)36-30(34(5,6)7)32(39)35-19-29(37)41-8/h10-14,16-17,20,22,25,28,30H,9,15,18-19H2,1-8H3,(H,35,39)(H,36,38)/t22-,25+,28-,30-/m1/s1. The minimum Gasteiger partial charge on any atom is -0.468 e. The maximum atomic E-state index is 13.6. The lowest BCUT2D eigenvalue weighted by Crippen LogP contribution is -2.54. The monoisotopic (exact) mass is 578 g/mol. The molecular formula is C34H46N2O6. The van der Waals surface area contributed by atoms with Crippen molar-refractivity contribution in [3.8, 4) is 11.1 Å². The molecule has 1 aliphatic carbocycles. The van der Waals surface area contributed by atoms with E-state index in [4.69, 9.17) is 4.74 Å². The molecule has 1 fully saturated rings. The molecule has 0 saturated heterocycles. The van der Waals surface area contributed by atoms with Crippen LogP contribution >= 0.6 is 0 Å². The van der Waals surface area contributed by atoms with Crippen molar-refractivity contribution in [2.24, 2.45) is 23.2 Å². The maximum absolute atomic E-state index is 13.6. The number of benzene rings is 2. The number of ether oxygens (including phenoxy) is 2. The van der Waals surface area contributed by atoms with E-state index in [2.05, 4.69) is 36.1 Å². The molecule has 8 heteroatoms. The first kappa shape index (κ1) is 32.8. The molecule has 2 N–H and O–H groups in total. The van der Waals surface area contributed by atoms with Crippen molar-refractivity contribution in [1.82, 2.24) is 10.6 Å². The molecule has 0 bridgehead atoms. The number of carbonyl (C=O) groups is 4. The molecule has 0 radical (unpaired) electrons. The van der Waals surface area contributed by atoms with Crippen molar-refractivity contribution in [2.45, 2.75) is 79.9 Å². The molecule has 0 heterocycles. The van der Waals surface area contributed by atoms with Gasteiger partial charge in [0.1, 0.15) is 18.7 Å². The van der Waals surface area contributed by atoms with Crippen molar-refractivity contribution >= 4 is 23.8 Å². The van der Waals surface area contributed by atoms with E-state index >= 15 is 0 Å². The van der Waals surface area contributed by atoms with Gasteiger partial charge < -0.3 is 20.1 Å². The molecule has 4 atom stereocenters. The first-order valence-electron chi connectivity index (χ1n) is 14.8. The van der Waals surface area contributed by atoms with Crippen molar-refractivity contribution in [1.29, 1.82) is 0 Å². The molecular weight excluding hydrogens is 532 g/mol. The Morgan fingerprint density at radius 3 is 2.26 bits per heavy atom. The van der Waals surface area contributed by atoms with Crippen LogP contribution in [0.4, 0.5) is 0 Å². The van der Waals surface area contributed by atoms with Crippen LogP contribution < -0.4 is 10.6 Å². The Morgan fingerprint density at radius 1 is 1.00 bits per heavy atom. The molecule has 0 aliphatic heterocycles. The van der Waals surface area contributed by atoms with Gasteiger partial charge in [0.2, 0.25) is 5.91 Å². The smallest absolute Gasteiger partial charge is 0.338 e. The third-order valence-corrected chi connectivity index (χ3v) is 8.11. The van der Waals surface area contributed by atoms with Crippen LogP contribution in [-0.4, -0.2) is 49.6 Å². The second kappa shape index (κ2) is 14.0. The van der Waals surface area contributed by atoms with E-state index in [1.807, 2.05) is 52.0 Å². The maximum Gasteiger partial charge on any atom is 0.338 e. The number of carbonyl (C=O) groups excluding carboxylic acids is 4. The lowest BCUT2D eigenvalue weighted by atomic mass is 9.75. The number of hydrogen-bond acceptors (Lipinski definition) is 6. The number of rotatable bonds is 9. The Kier molecular flexibility index (Phi) is 10.9. The quantitative estimate of drug-likeness (QED) is 0.369. The summed E-state index contributed by atoms with van der Waals surface area (Å²) in [5.41, 5.74) is 2.54. The van der Waals surface area contributed by atoms with Crippen LogP contribution in [-0.2, 0) is 19.1 Å². The Balaban J connectivity index is 1.81. The van der Waals surface area contributed by atoms with Gasteiger partial charge in [0.15, 0.2) is 0 Å². The van der Waals surface area contributed by atoms with Gasteiger partial charge in [-0.1, -0.05) is 77.8 Å². The fourth-order valence-electron chi connectivity index (χ4n) is 5.56. The Labute approximate surface area is 249 Å². The molecule has 228 valence electrons. The summed E-state index contributed by atoms with van der Waals surface area (Å²) in [5, 5.41) is 5.41. The highest BCUT2D eigenvalue weighted by Gasteiger charge is 2.35. The van der Waals surface area contributed by atoms with Gasteiger partial charge in [-0.05, 0) is 72.3 Å². The van der Waals surface area contributed by atoms with Crippen LogP contribution in [0.25, 0.3) is 11.1 Å². The molecule has 8 nitrogen and oxygen atoms in total. The van der Waals surface area contributed by atoms with Crippen LogP contribution in [0.3, 0.4) is 0 Å². The molecule has 1 saturated carbocycles. The molecule has 3 rings (SSSR count). The second-order valence-electron chi connectivity index (χ2n) is 13.0. The minimum atomic E-state index is -0.905. The predicted molar refractivity (Wildman–Crippen MR) is 163 cm³/mol. The summed E-state index contributed by atoms with van der Waals surface area (Å²) < 4.78 is 10.6. The minimum absolute atomic E-state index is 0.0890. The van der Waals surface area contributed by atoms with E-state index in [9.17, 15) is 19.2 Å². The molecule has 1 aliphatic rings. The van der Waals surface area contributed by atoms with Crippen LogP contribution in [0, 0.1) is 30.1 Å². The lowest BCUT2D eigenvalue weighted by Gasteiger charge is -2.36. The number of esters is 2. The molecule has 2 aromatic carbocycles. The van der Waals surface area contributed by atoms with Crippen LogP contribution in [0.5, 0.6) is 0 Å². The van der Waals surface area contributed by atoms with E-state index in [-0.39, 0.29) is 18.6 Å². The highest BCUT2D eigenvalue weighted by molar-refractivity contribution is 6.03. The zero-order valence-electron chi connectivity index (χ0n) is 26.2. The van der Waals surface area contributed by atoms with Crippen molar-refractivity contribution in [3.63, 3.8) is 0 Å². The Morgan fingerprint density at radius 2 is 1.67 bits per heavy atom.